The summed E-state index contributed by atoms with van der Waals surface area (Å²) in [6, 6.07) is 11.7. The number of hydrogen-bond acceptors (Lipinski definition) is 3. The smallest absolute Gasteiger partial charge is 0.318 e. The fourth-order valence-corrected chi connectivity index (χ4v) is 2.72. The Morgan fingerprint density at radius 2 is 1.77 bits per heavy atom. The van der Waals surface area contributed by atoms with E-state index in [1.165, 1.54) is 12.1 Å². The van der Waals surface area contributed by atoms with Crippen LogP contribution in [0.4, 0.5) is 20.6 Å². The molecule has 2 amide bonds. The molecule has 0 saturated heterocycles. The van der Waals surface area contributed by atoms with E-state index >= 15 is 0 Å². The van der Waals surface area contributed by atoms with Gasteiger partial charge in [0, 0.05) is 44.6 Å². The lowest BCUT2D eigenvalue weighted by Gasteiger charge is -2.27. The molecule has 0 aromatic heterocycles. The normalized spacial score (nSPS) is 10.7. The molecule has 2 rings (SSSR count). The van der Waals surface area contributed by atoms with Crippen LogP contribution in [0.15, 0.2) is 42.5 Å². The van der Waals surface area contributed by atoms with Crippen molar-refractivity contribution in [3.05, 3.63) is 59.4 Å². The van der Waals surface area contributed by atoms with Crippen LogP contribution in [0, 0.1) is 5.82 Å². The molecule has 0 saturated carbocycles. The molecular weight excluding hydrogens is 331 g/mol. The van der Waals surface area contributed by atoms with Gasteiger partial charge < -0.3 is 20.9 Å². The third-order valence-corrected chi connectivity index (χ3v) is 3.93. The first-order chi connectivity index (χ1) is 12.3. The minimum absolute atomic E-state index is 0.0207. The average molecular weight is 358 g/mol. The van der Waals surface area contributed by atoms with Crippen LogP contribution in [0.25, 0.3) is 0 Å². The molecule has 0 heterocycles. The van der Waals surface area contributed by atoms with Gasteiger partial charge in [0.15, 0.2) is 0 Å². The quantitative estimate of drug-likeness (QED) is 0.776. The van der Waals surface area contributed by atoms with E-state index in [0.29, 0.717) is 18.8 Å². The molecule has 26 heavy (non-hydrogen) atoms. The molecule has 6 heteroatoms. The number of nitrogen functional groups attached to an aromatic ring is 1. The molecular formula is C20H27FN4O. The second-order valence-electron chi connectivity index (χ2n) is 6.87. The van der Waals surface area contributed by atoms with Crippen LogP contribution in [-0.2, 0) is 13.1 Å². The highest BCUT2D eigenvalue weighted by molar-refractivity contribution is 5.75. The molecule has 0 aliphatic heterocycles. The number of hydrogen-bond donors (Lipinski definition) is 2. The molecule has 2 aromatic carbocycles. The summed E-state index contributed by atoms with van der Waals surface area (Å²) in [7, 11) is 3.90. The van der Waals surface area contributed by atoms with Crippen molar-refractivity contribution in [1.82, 2.24) is 10.2 Å². The summed E-state index contributed by atoms with van der Waals surface area (Å²) in [6.45, 7) is 4.61. The number of rotatable bonds is 6. The van der Waals surface area contributed by atoms with Crippen molar-refractivity contribution in [2.24, 2.45) is 0 Å². The molecule has 0 unspecified atom stereocenters. The third-order valence-electron chi connectivity index (χ3n) is 3.93. The highest BCUT2D eigenvalue weighted by Crippen LogP contribution is 2.24. The molecule has 0 spiro atoms. The molecule has 0 aliphatic carbocycles. The van der Waals surface area contributed by atoms with Crippen LogP contribution < -0.4 is 16.0 Å². The number of carbonyl (C=O) groups excluding carboxylic acids is 1. The number of anilines is 2. The van der Waals surface area contributed by atoms with Gasteiger partial charge in [-0.15, -0.1) is 0 Å². The maximum absolute atomic E-state index is 13.2. The Hall–Kier alpha value is -2.76. The summed E-state index contributed by atoms with van der Waals surface area (Å²) in [5, 5.41) is 2.93. The van der Waals surface area contributed by atoms with Crippen molar-refractivity contribution in [1.29, 1.82) is 0 Å². The van der Waals surface area contributed by atoms with Crippen molar-refractivity contribution >= 4 is 17.4 Å². The minimum atomic E-state index is -0.294. The summed E-state index contributed by atoms with van der Waals surface area (Å²) < 4.78 is 13.2. The minimum Gasteiger partial charge on any atom is -0.399 e. The van der Waals surface area contributed by atoms with E-state index in [9.17, 15) is 9.18 Å². The maximum atomic E-state index is 13.2. The van der Waals surface area contributed by atoms with Crippen LogP contribution in [0.2, 0.25) is 0 Å². The van der Waals surface area contributed by atoms with Crippen LogP contribution in [0.5, 0.6) is 0 Å². The van der Waals surface area contributed by atoms with Gasteiger partial charge in [0.2, 0.25) is 0 Å². The van der Waals surface area contributed by atoms with Gasteiger partial charge in [-0.2, -0.15) is 0 Å². The summed E-state index contributed by atoms with van der Waals surface area (Å²) in [6.07, 6.45) is 0. The van der Waals surface area contributed by atoms with E-state index in [1.54, 1.807) is 17.0 Å². The predicted octanol–water partition coefficient (Wildman–Crippen LogP) is 3.59. The molecule has 140 valence electrons. The number of halogens is 1. The second-order valence-corrected chi connectivity index (χ2v) is 6.87. The van der Waals surface area contributed by atoms with Crippen LogP contribution in [0.3, 0.4) is 0 Å². The molecule has 2 aromatic rings. The fraction of sp³-hybridized carbons (Fsp3) is 0.350. The Kier molecular flexibility index (Phi) is 6.44. The van der Waals surface area contributed by atoms with Crippen molar-refractivity contribution < 1.29 is 9.18 Å². The van der Waals surface area contributed by atoms with Gasteiger partial charge in [-0.05, 0) is 55.3 Å². The Morgan fingerprint density at radius 3 is 2.35 bits per heavy atom. The summed E-state index contributed by atoms with van der Waals surface area (Å²) >= 11 is 0. The largest absolute Gasteiger partial charge is 0.399 e. The number of benzene rings is 2. The number of amides is 2. The number of nitrogens with one attached hydrogen (secondary N) is 1. The van der Waals surface area contributed by atoms with E-state index in [4.69, 9.17) is 5.73 Å². The molecule has 5 nitrogen and oxygen atoms in total. The monoisotopic (exact) mass is 358 g/mol. The van der Waals surface area contributed by atoms with Crippen molar-refractivity contribution in [2.45, 2.75) is 33.0 Å². The first-order valence-corrected chi connectivity index (χ1v) is 8.62. The fourth-order valence-electron chi connectivity index (χ4n) is 2.72. The number of carbonyl (C=O) groups is 1. The average Bonchev–Trinajstić information content (AvgIpc) is 2.55. The Morgan fingerprint density at radius 1 is 1.12 bits per heavy atom. The molecule has 0 atom stereocenters. The number of urea groups is 1. The highest BCUT2D eigenvalue weighted by atomic mass is 19.1. The third kappa shape index (κ3) is 5.37. The van der Waals surface area contributed by atoms with Gasteiger partial charge in [-0.3, -0.25) is 0 Å². The molecule has 0 aliphatic rings. The van der Waals surface area contributed by atoms with Crippen LogP contribution in [0.1, 0.15) is 25.0 Å². The van der Waals surface area contributed by atoms with Gasteiger partial charge >= 0.3 is 6.03 Å². The molecule has 0 radical (unpaired) electrons. The van der Waals surface area contributed by atoms with Crippen molar-refractivity contribution in [3.8, 4) is 0 Å². The predicted molar refractivity (Wildman–Crippen MR) is 104 cm³/mol. The van der Waals surface area contributed by atoms with Gasteiger partial charge in [0.25, 0.3) is 0 Å². The maximum Gasteiger partial charge on any atom is 0.318 e. The van der Waals surface area contributed by atoms with Crippen molar-refractivity contribution in [3.63, 3.8) is 0 Å². The molecule has 0 fully saturated rings. The topological polar surface area (TPSA) is 61.6 Å². The first-order valence-electron chi connectivity index (χ1n) is 8.62. The first kappa shape index (κ1) is 19.6. The zero-order chi connectivity index (χ0) is 19.3. The van der Waals surface area contributed by atoms with Gasteiger partial charge in [-0.1, -0.05) is 12.1 Å². The molecule has 3 N–H and O–H groups in total. The zero-order valence-corrected chi connectivity index (χ0v) is 15.8. The van der Waals surface area contributed by atoms with E-state index in [2.05, 4.69) is 5.32 Å². The van der Waals surface area contributed by atoms with Crippen LogP contribution >= 0.6 is 0 Å². The Balaban J connectivity index is 2.30. The summed E-state index contributed by atoms with van der Waals surface area (Å²) in [4.78, 5) is 16.4. The lowest BCUT2D eigenvalue weighted by atomic mass is 10.1. The molecule has 0 bridgehead atoms. The van der Waals surface area contributed by atoms with Gasteiger partial charge in [0.05, 0.1) is 0 Å². The zero-order valence-electron chi connectivity index (χ0n) is 15.8. The summed E-state index contributed by atoms with van der Waals surface area (Å²) in [5.74, 6) is -0.294. The SMILES string of the molecule is CC(C)NC(=O)N(Cc1ccc(F)cc1)Cc1cc(N)ccc1N(C)C. The van der Waals surface area contributed by atoms with E-state index in [-0.39, 0.29) is 17.9 Å². The Bertz CT molecular complexity index is 744. The van der Waals surface area contributed by atoms with Gasteiger partial charge in [0.1, 0.15) is 5.82 Å². The highest BCUT2D eigenvalue weighted by Gasteiger charge is 2.18. The lowest BCUT2D eigenvalue weighted by Crippen LogP contribution is -2.42. The number of nitrogens with zero attached hydrogens (tertiary/aromatic N) is 2. The Labute approximate surface area is 154 Å². The van der Waals surface area contributed by atoms with Crippen LogP contribution in [-0.4, -0.2) is 31.1 Å². The van der Waals surface area contributed by atoms with E-state index in [1.807, 2.05) is 51.0 Å². The van der Waals surface area contributed by atoms with E-state index in [0.717, 1.165) is 16.8 Å². The lowest BCUT2D eigenvalue weighted by molar-refractivity contribution is 0.190. The summed E-state index contributed by atoms with van der Waals surface area (Å²) in [5.41, 5.74) is 9.42. The van der Waals surface area contributed by atoms with Gasteiger partial charge in [-0.25, -0.2) is 9.18 Å². The number of nitrogens with two attached hydrogens (primary N) is 1. The standard InChI is InChI=1S/C20H27FN4O/c1-14(2)23-20(26)25(12-15-5-7-17(21)8-6-15)13-16-11-18(22)9-10-19(16)24(3)4/h5-11,14H,12-13,22H2,1-4H3,(H,23,26). The second kappa shape index (κ2) is 8.56. The van der Waals surface area contributed by atoms with Crippen molar-refractivity contribution in [2.75, 3.05) is 24.7 Å². The van der Waals surface area contributed by atoms with E-state index < -0.39 is 0 Å².